The third-order valence-electron chi connectivity index (χ3n) is 3.38. The van der Waals surface area contributed by atoms with Crippen molar-refractivity contribution in [3.8, 4) is 0 Å². The van der Waals surface area contributed by atoms with Gasteiger partial charge in [-0.2, -0.15) is 0 Å². The summed E-state index contributed by atoms with van der Waals surface area (Å²) in [7, 11) is 0. The van der Waals surface area contributed by atoms with Crippen LogP contribution < -0.4 is 10.6 Å². The fourth-order valence-corrected chi connectivity index (χ4v) is 3.54. The summed E-state index contributed by atoms with van der Waals surface area (Å²) in [6, 6.07) is 4.74. The third kappa shape index (κ3) is 5.40. The molecule has 5 nitrogen and oxygen atoms in total. The van der Waals surface area contributed by atoms with Crippen molar-refractivity contribution in [2.45, 2.75) is 50.2 Å². The zero-order chi connectivity index (χ0) is 17.7. The van der Waals surface area contributed by atoms with Gasteiger partial charge in [-0.15, -0.1) is 11.8 Å². The quantitative estimate of drug-likeness (QED) is 0.870. The van der Waals surface area contributed by atoms with Gasteiger partial charge in [-0.05, 0) is 38.8 Å². The second kappa shape index (κ2) is 7.88. The monoisotopic (exact) mass is 354 g/mol. The summed E-state index contributed by atoms with van der Waals surface area (Å²) in [6.07, 6.45) is 0.358. The molecule has 7 heteroatoms. The SMILES string of the molecule is CC(C)(C)OC(=O)NCCC(=O)NC1CCSc2c(F)cccc21. The Morgan fingerprint density at radius 2 is 2.12 bits per heavy atom. The molecule has 1 aromatic carbocycles. The molecule has 1 heterocycles. The molecule has 1 atom stereocenters. The number of hydrogen-bond acceptors (Lipinski definition) is 4. The van der Waals surface area contributed by atoms with Gasteiger partial charge in [0.25, 0.3) is 0 Å². The molecule has 2 amide bonds. The fraction of sp³-hybridized carbons (Fsp3) is 0.529. The number of hydrogen-bond donors (Lipinski definition) is 2. The van der Waals surface area contributed by atoms with Crippen molar-refractivity contribution in [2.75, 3.05) is 12.3 Å². The number of thioether (sulfide) groups is 1. The highest BCUT2D eigenvalue weighted by atomic mass is 32.2. The molecule has 1 unspecified atom stereocenters. The van der Waals surface area contributed by atoms with Gasteiger partial charge in [0, 0.05) is 23.6 Å². The molecule has 2 rings (SSSR count). The molecule has 24 heavy (non-hydrogen) atoms. The minimum absolute atomic E-state index is 0.146. The van der Waals surface area contributed by atoms with Gasteiger partial charge >= 0.3 is 6.09 Å². The predicted octanol–water partition coefficient (Wildman–Crippen LogP) is 3.39. The maximum Gasteiger partial charge on any atom is 0.407 e. The first kappa shape index (κ1) is 18.6. The number of carbonyl (C=O) groups excluding carboxylic acids is 2. The summed E-state index contributed by atoms with van der Waals surface area (Å²) in [5.41, 5.74) is 0.250. The zero-order valence-electron chi connectivity index (χ0n) is 14.1. The van der Waals surface area contributed by atoms with E-state index in [4.69, 9.17) is 4.74 Å². The third-order valence-corrected chi connectivity index (χ3v) is 4.54. The van der Waals surface area contributed by atoms with E-state index in [1.807, 2.05) is 6.07 Å². The molecule has 0 fully saturated rings. The summed E-state index contributed by atoms with van der Waals surface area (Å²) in [4.78, 5) is 24.2. The van der Waals surface area contributed by atoms with E-state index in [1.54, 1.807) is 26.8 Å². The van der Waals surface area contributed by atoms with Crippen LogP contribution in [0.3, 0.4) is 0 Å². The van der Waals surface area contributed by atoms with Crippen LogP contribution in [0.1, 0.15) is 45.2 Å². The minimum atomic E-state index is -0.570. The average molecular weight is 354 g/mol. The summed E-state index contributed by atoms with van der Waals surface area (Å²) < 4.78 is 18.9. The molecule has 0 saturated heterocycles. The molecule has 1 aliphatic rings. The molecule has 1 aromatic rings. The van der Waals surface area contributed by atoms with Crippen LogP contribution in [0.5, 0.6) is 0 Å². The van der Waals surface area contributed by atoms with Crippen LogP contribution in [-0.4, -0.2) is 29.9 Å². The topological polar surface area (TPSA) is 67.4 Å². The average Bonchev–Trinajstić information content (AvgIpc) is 2.46. The first-order valence-corrected chi connectivity index (χ1v) is 8.92. The Kier molecular flexibility index (Phi) is 6.10. The Hall–Kier alpha value is -1.76. The molecule has 0 spiro atoms. The van der Waals surface area contributed by atoms with Gasteiger partial charge in [-0.1, -0.05) is 12.1 Å². The molecule has 2 N–H and O–H groups in total. The van der Waals surface area contributed by atoms with Gasteiger partial charge in [-0.3, -0.25) is 4.79 Å². The van der Waals surface area contributed by atoms with E-state index < -0.39 is 11.7 Å². The predicted molar refractivity (Wildman–Crippen MR) is 91.5 cm³/mol. The van der Waals surface area contributed by atoms with E-state index in [1.165, 1.54) is 17.8 Å². The van der Waals surface area contributed by atoms with Crippen molar-refractivity contribution in [3.63, 3.8) is 0 Å². The molecular weight excluding hydrogens is 331 g/mol. The number of fused-ring (bicyclic) bond motifs is 1. The Morgan fingerprint density at radius 1 is 1.38 bits per heavy atom. The first-order chi connectivity index (χ1) is 11.3. The molecule has 0 bridgehead atoms. The van der Waals surface area contributed by atoms with Crippen LogP contribution >= 0.6 is 11.8 Å². The van der Waals surface area contributed by atoms with Crippen LogP contribution in [0.4, 0.5) is 9.18 Å². The van der Waals surface area contributed by atoms with Gasteiger partial charge in [-0.25, -0.2) is 9.18 Å². The molecule has 132 valence electrons. The zero-order valence-corrected chi connectivity index (χ0v) is 15.0. The number of ether oxygens (including phenoxy) is 1. The lowest BCUT2D eigenvalue weighted by atomic mass is 10.0. The molecular formula is C17H23FN2O3S. The summed E-state index contributed by atoms with van der Waals surface area (Å²) >= 11 is 1.47. The van der Waals surface area contributed by atoms with Crippen LogP contribution in [0, 0.1) is 5.82 Å². The lowest BCUT2D eigenvalue weighted by molar-refractivity contribution is -0.121. The Morgan fingerprint density at radius 3 is 2.83 bits per heavy atom. The molecule has 0 saturated carbocycles. The lowest BCUT2D eigenvalue weighted by Gasteiger charge is -2.26. The molecule has 1 aliphatic heterocycles. The van der Waals surface area contributed by atoms with E-state index in [0.29, 0.717) is 4.90 Å². The van der Waals surface area contributed by atoms with Crippen molar-refractivity contribution in [1.82, 2.24) is 10.6 Å². The minimum Gasteiger partial charge on any atom is -0.444 e. The van der Waals surface area contributed by atoms with E-state index in [9.17, 15) is 14.0 Å². The molecule has 0 aliphatic carbocycles. The maximum absolute atomic E-state index is 13.8. The number of alkyl carbamates (subject to hydrolysis) is 1. The number of benzene rings is 1. The van der Waals surface area contributed by atoms with Gasteiger partial charge in [0.15, 0.2) is 0 Å². The van der Waals surface area contributed by atoms with Gasteiger partial charge in [0.05, 0.1) is 6.04 Å². The number of halogens is 1. The van der Waals surface area contributed by atoms with Crippen molar-refractivity contribution >= 4 is 23.8 Å². The summed E-state index contributed by atoms with van der Waals surface area (Å²) in [5, 5.41) is 5.46. The molecule has 0 aromatic heterocycles. The first-order valence-electron chi connectivity index (χ1n) is 7.94. The highest BCUT2D eigenvalue weighted by Gasteiger charge is 2.24. The van der Waals surface area contributed by atoms with E-state index >= 15 is 0 Å². The highest BCUT2D eigenvalue weighted by Crippen LogP contribution is 2.37. The van der Waals surface area contributed by atoms with Gasteiger partial charge < -0.3 is 15.4 Å². The molecule has 0 radical (unpaired) electrons. The largest absolute Gasteiger partial charge is 0.444 e. The fourth-order valence-electron chi connectivity index (χ4n) is 2.40. The van der Waals surface area contributed by atoms with Gasteiger partial charge in [0.1, 0.15) is 11.4 Å². The normalized spacial score (nSPS) is 16.9. The van der Waals surface area contributed by atoms with E-state index in [-0.39, 0.29) is 30.7 Å². The van der Waals surface area contributed by atoms with Crippen LogP contribution in [0.25, 0.3) is 0 Å². The van der Waals surface area contributed by atoms with Gasteiger partial charge in [0.2, 0.25) is 5.91 Å². The summed E-state index contributed by atoms with van der Waals surface area (Å²) in [6.45, 7) is 5.52. The van der Waals surface area contributed by atoms with Crippen molar-refractivity contribution in [3.05, 3.63) is 29.6 Å². The Balaban J connectivity index is 1.82. The van der Waals surface area contributed by atoms with Crippen LogP contribution in [0.2, 0.25) is 0 Å². The number of amides is 2. The summed E-state index contributed by atoms with van der Waals surface area (Å²) in [5.74, 6) is 0.330. The number of rotatable bonds is 4. The second-order valence-electron chi connectivity index (χ2n) is 6.59. The Labute approximate surface area is 145 Å². The number of nitrogens with one attached hydrogen (secondary N) is 2. The van der Waals surface area contributed by atoms with E-state index in [2.05, 4.69) is 10.6 Å². The van der Waals surface area contributed by atoms with Crippen molar-refractivity contribution in [2.24, 2.45) is 0 Å². The van der Waals surface area contributed by atoms with Crippen LogP contribution in [-0.2, 0) is 9.53 Å². The van der Waals surface area contributed by atoms with E-state index in [0.717, 1.165) is 17.7 Å². The van der Waals surface area contributed by atoms with Crippen molar-refractivity contribution < 1.29 is 18.7 Å². The second-order valence-corrected chi connectivity index (χ2v) is 7.70. The lowest BCUT2D eigenvalue weighted by Crippen LogP contribution is -2.36. The highest BCUT2D eigenvalue weighted by molar-refractivity contribution is 7.99. The smallest absolute Gasteiger partial charge is 0.407 e. The standard InChI is InChI=1S/C17H23FN2O3S/c1-17(2,3)23-16(22)19-9-7-14(21)20-13-8-10-24-15-11(13)5-4-6-12(15)18/h4-6,13H,7-10H2,1-3H3,(H,19,22)(H,20,21). The number of carbonyl (C=O) groups is 2. The van der Waals surface area contributed by atoms with Crippen molar-refractivity contribution in [1.29, 1.82) is 0 Å². The van der Waals surface area contributed by atoms with Crippen LogP contribution in [0.15, 0.2) is 23.1 Å². The Bertz CT molecular complexity index is 616. The maximum atomic E-state index is 13.8.